The van der Waals surface area contributed by atoms with Gasteiger partial charge in [0, 0.05) is 6.42 Å². The molecule has 14 heteroatoms. The Bertz CT molecular complexity index is 1660. The van der Waals surface area contributed by atoms with Crippen LogP contribution in [0.4, 0.5) is 0 Å². The van der Waals surface area contributed by atoms with E-state index in [1.807, 2.05) is 6.08 Å². The third-order valence-corrected chi connectivity index (χ3v) is 18.0. The molecule has 2 saturated heterocycles. The summed E-state index contributed by atoms with van der Waals surface area (Å²) >= 11 is 0. The fourth-order valence-corrected chi connectivity index (χ4v) is 12.1. The number of nitrogens with one attached hydrogen (secondary N) is 1. The molecule has 2 heterocycles. The van der Waals surface area contributed by atoms with Gasteiger partial charge < -0.3 is 65.1 Å². The van der Waals surface area contributed by atoms with E-state index in [0.717, 1.165) is 51.4 Å². The van der Waals surface area contributed by atoms with Crippen molar-refractivity contribution in [3.63, 3.8) is 0 Å². The summed E-state index contributed by atoms with van der Waals surface area (Å²) in [5.74, 6) is -0.235. The average molecular weight is 1250 g/mol. The lowest BCUT2D eigenvalue weighted by molar-refractivity contribution is -0.359. The number of allylic oxidation sites excluding steroid dienone is 7. The highest BCUT2D eigenvalue weighted by atomic mass is 16.7. The van der Waals surface area contributed by atoms with Crippen molar-refractivity contribution in [3.05, 3.63) is 48.6 Å². The minimum absolute atomic E-state index is 0.235. The van der Waals surface area contributed by atoms with Gasteiger partial charge in [0.2, 0.25) is 5.91 Å². The van der Waals surface area contributed by atoms with Crippen molar-refractivity contribution >= 4 is 5.91 Å². The maximum atomic E-state index is 13.4. The van der Waals surface area contributed by atoms with Gasteiger partial charge >= 0.3 is 0 Å². The average Bonchev–Trinajstić information content (AvgIpc) is 3.10. The van der Waals surface area contributed by atoms with Crippen molar-refractivity contribution in [2.24, 2.45) is 0 Å². The molecule has 0 aliphatic carbocycles. The van der Waals surface area contributed by atoms with Crippen molar-refractivity contribution in [2.45, 2.75) is 396 Å². The number of aliphatic hydroxyl groups is 8. The summed E-state index contributed by atoms with van der Waals surface area (Å²) < 4.78 is 22.9. The van der Waals surface area contributed by atoms with Crippen LogP contribution in [0.1, 0.15) is 322 Å². The second kappa shape index (κ2) is 58.7. The van der Waals surface area contributed by atoms with E-state index in [1.54, 1.807) is 6.08 Å². The summed E-state index contributed by atoms with van der Waals surface area (Å²) in [6.45, 7) is 2.83. The Balaban J connectivity index is 1.65. The fourth-order valence-electron chi connectivity index (χ4n) is 12.1. The molecule has 0 spiro atoms. The van der Waals surface area contributed by atoms with Gasteiger partial charge in [0.1, 0.15) is 48.8 Å². The Hall–Kier alpha value is -2.05. The van der Waals surface area contributed by atoms with Gasteiger partial charge in [-0.05, 0) is 57.8 Å². The summed E-state index contributed by atoms with van der Waals surface area (Å²) in [5, 5.41) is 87.5. The van der Waals surface area contributed by atoms with E-state index in [2.05, 4.69) is 55.6 Å². The number of rotatable bonds is 61. The lowest BCUT2D eigenvalue weighted by Crippen LogP contribution is -2.65. The van der Waals surface area contributed by atoms with Gasteiger partial charge in [0.25, 0.3) is 0 Å². The van der Waals surface area contributed by atoms with E-state index in [4.69, 9.17) is 18.9 Å². The van der Waals surface area contributed by atoms with Crippen LogP contribution in [0, 0.1) is 0 Å². The Morgan fingerprint density at radius 1 is 0.409 bits per heavy atom. The first-order chi connectivity index (χ1) is 43.1. The molecule has 1 amide bonds. The van der Waals surface area contributed by atoms with Crippen LogP contribution in [0.2, 0.25) is 0 Å². The predicted molar refractivity (Wildman–Crippen MR) is 360 cm³/mol. The first-order valence-corrected chi connectivity index (χ1v) is 36.9. The van der Waals surface area contributed by atoms with E-state index in [0.29, 0.717) is 6.42 Å². The maximum Gasteiger partial charge on any atom is 0.220 e. The number of hydrogen-bond acceptors (Lipinski definition) is 13. The summed E-state index contributed by atoms with van der Waals surface area (Å²) in [7, 11) is 0. The minimum Gasteiger partial charge on any atom is -0.394 e. The Morgan fingerprint density at radius 2 is 0.750 bits per heavy atom. The molecule has 0 aromatic heterocycles. The highest BCUT2D eigenvalue weighted by molar-refractivity contribution is 5.76. The number of amides is 1. The van der Waals surface area contributed by atoms with Crippen molar-refractivity contribution < 1.29 is 64.6 Å². The van der Waals surface area contributed by atoms with Crippen LogP contribution in [0.3, 0.4) is 0 Å². The molecular weight excluding hydrogens is 1110 g/mol. The molecule has 0 radical (unpaired) electrons. The molecule has 0 saturated carbocycles. The summed E-state index contributed by atoms with van der Waals surface area (Å²) in [6, 6.07) is -0.916. The van der Waals surface area contributed by atoms with Crippen molar-refractivity contribution in [3.8, 4) is 0 Å². The normalized spacial score (nSPS) is 23.4. The molecule has 88 heavy (non-hydrogen) atoms. The number of aliphatic hydroxyl groups excluding tert-OH is 8. The van der Waals surface area contributed by atoms with Crippen LogP contribution < -0.4 is 5.32 Å². The zero-order valence-electron chi connectivity index (χ0n) is 56.2. The minimum atomic E-state index is -1.79. The monoisotopic (exact) mass is 1250 g/mol. The lowest BCUT2D eigenvalue weighted by atomic mass is 9.97. The SMILES string of the molecule is CCCCCCC/C=C\C/C=C\C/C=C\CCCCCCCCCCCCCCCCCCC(=O)NC(COC1OC(CO)C(OC2OC(CO)C(O)C(O)C2O)C(O)C1O)C(O)/C=C/CCCCCCCCCCCCCCCCCCCCCCC. The molecule has 2 aliphatic rings. The van der Waals surface area contributed by atoms with E-state index >= 15 is 0 Å². The molecule has 12 unspecified atom stereocenters. The summed E-state index contributed by atoms with van der Waals surface area (Å²) in [6.07, 6.45) is 60.2. The molecule has 516 valence electrons. The van der Waals surface area contributed by atoms with Crippen LogP contribution in [0.15, 0.2) is 48.6 Å². The molecule has 2 rings (SSSR count). The van der Waals surface area contributed by atoms with Gasteiger partial charge in [-0.15, -0.1) is 0 Å². The smallest absolute Gasteiger partial charge is 0.220 e. The number of carbonyl (C=O) groups is 1. The third kappa shape index (κ3) is 42.2. The van der Waals surface area contributed by atoms with E-state index in [1.165, 1.54) is 244 Å². The van der Waals surface area contributed by atoms with E-state index in [9.17, 15) is 45.6 Å². The van der Waals surface area contributed by atoms with Crippen molar-refractivity contribution in [1.29, 1.82) is 0 Å². The van der Waals surface area contributed by atoms with Crippen LogP contribution in [0.25, 0.3) is 0 Å². The number of carbonyl (C=O) groups excluding carboxylic acids is 1. The second-order valence-electron chi connectivity index (χ2n) is 26.1. The Labute approximate surface area is 537 Å². The number of ether oxygens (including phenoxy) is 4. The zero-order chi connectivity index (χ0) is 63.8. The quantitative estimate of drug-likeness (QED) is 0.0204. The maximum absolute atomic E-state index is 13.4. The van der Waals surface area contributed by atoms with Crippen LogP contribution >= 0.6 is 0 Å². The van der Waals surface area contributed by atoms with Gasteiger partial charge in [-0.25, -0.2) is 0 Å². The van der Waals surface area contributed by atoms with E-state index < -0.39 is 86.8 Å². The van der Waals surface area contributed by atoms with Crippen LogP contribution in [0.5, 0.6) is 0 Å². The highest BCUT2D eigenvalue weighted by Crippen LogP contribution is 2.30. The molecule has 12 atom stereocenters. The number of hydrogen-bond donors (Lipinski definition) is 9. The van der Waals surface area contributed by atoms with Gasteiger partial charge in [0.15, 0.2) is 12.6 Å². The first-order valence-electron chi connectivity index (χ1n) is 36.9. The first kappa shape index (κ1) is 82.0. The lowest BCUT2D eigenvalue weighted by Gasteiger charge is -2.46. The Kier molecular flexibility index (Phi) is 54.8. The van der Waals surface area contributed by atoms with Crippen LogP contribution in [-0.4, -0.2) is 140 Å². The molecule has 0 aromatic carbocycles. The summed E-state index contributed by atoms with van der Waals surface area (Å²) in [4.78, 5) is 13.4. The second-order valence-corrected chi connectivity index (χ2v) is 26.1. The predicted octanol–water partition coefficient (Wildman–Crippen LogP) is 15.5. The third-order valence-electron chi connectivity index (χ3n) is 18.0. The van der Waals surface area contributed by atoms with E-state index in [-0.39, 0.29) is 18.9 Å². The van der Waals surface area contributed by atoms with Crippen molar-refractivity contribution in [2.75, 3.05) is 19.8 Å². The highest BCUT2D eigenvalue weighted by Gasteiger charge is 2.51. The Morgan fingerprint density at radius 3 is 1.15 bits per heavy atom. The summed E-state index contributed by atoms with van der Waals surface area (Å²) in [5.41, 5.74) is 0. The number of unbranched alkanes of at least 4 members (excludes halogenated alkanes) is 42. The van der Waals surface area contributed by atoms with Gasteiger partial charge in [-0.2, -0.15) is 0 Å². The molecule has 14 nitrogen and oxygen atoms in total. The molecular formula is C74H137NO13. The largest absolute Gasteiger partial charge is 0.394 e. The topological polar surface area (TPSA) is 228 Å². The zero-order valence-corrected chi connectivity index (χ0v) is 56.2. The van der Waals surface area contributed by atoms with Gasteiger partial charge in [0.05, 0.1) is 32.0 Å². The standard InChI is InChI=1S/C74H137NO13/c1-3-5-7-9-11-13-15-17-19-21-23-25-27-28-29-30-31-32-33-34-36-38-40-42-44-46-48-50-52-54-56-58-66(79)75-62(61-85-73-71(84)69(82)72(65(60-77)87-73)88-74-70(83)68(81)67(80)64(59-76)86-74)63(78)57-55-53-51-49-47-45-43-41-39-37-35-26-24-22-20-18-16-14-12-10-8-6-4-2/h15,17,21,23,27-28,55,57,62-65,67-74,76-78,80-84H,3-14,16,18-20,22,24-26,29-54,56,58-61H2,1-2H3,(H,75,79)/b17-15-,23-21-,28-27-,57-55+. The van der Waals surface area contributed by atoms with Crippen molar-refractivity contribution in [1.82, 2.24) is 5.32 Å². The molecule has 0 aromatic rings. The molecule has 2 aliphatic heterocycles. The molecule has 2 fully saturated rings. The molecule has 9 N–H and O–H groups in total. The van der Waals surface area contributed by atoms with Gasteiger partial charge in [-0.1, -0.05) is 306 Å². The van der Waals surface area contributed by atoms with Gasteiger partial charge in [-0.3, -0.25) is 4.79 Å². The van der Waals surface area contributed by atoms with Crippen LogP contribution in [-0.2, 0) is 23.7 Å². The molecule has 0 bridgehead atoms. The fraction of sp³-hybridized carbons (Fsp3) is 0.878.